The number of anilines is 1. The molecule has 0 atom stereocenters. The van der Waals surface area contributed by atoms with Crippen LogP contribution in [0, 0.1) is 6.92 Å². The maximum absolute atomic E-state index is 12.3. The lowest BCUT2D eigenvalue weighted by molar-refractivity contribution is 0.0954. The predicted octanol–water partition coefficient (Wildman–Crippen LogP) is 4.58. The van der Waals surface area contributed by atoms with E-state index in [-0.39, 0.29) is 5.91 Å². The van der Waals surface area contributed by atoms with E-state index in [1.54, 1.807) is 17.7 Å². The summed E-state index contributed by atoms with van der Waals surface area (Å²) in [7, 11) is 0. The van der Waals surface area contributed by atoms with E-state index in [0.29, 0.717) is 18.7 Å². The van der Waals surface area contributed by atoms with Crippen LogP contribution in [0.4, 0.5) is 5.82 Å². The zero-order valence-corrected chi connectivity index (χ0v) is 17.0. The Kier molecular flexibility index (Phi) is 5.81. The summed E-state index contributed by atoms with van der Waals surface area (Å²) < 4.78 is 0. The van der Waals surface area contributed by atoms with Crippen molar-refractivity contribution >= 4 is 33.3 Å². The van der Waals surface area contributed by atoms with Gasteiger partial charge in [0.2, 0.25) is 0 Å². The number of nitrogens with one attached hydrogen (secondary N) is 2. The van der Waals surface area contributed by atoms with Gasteiger partial charge < -0.3 is 10.6 Å². The van der Waals surface area contributed by atoms with Crippen molar-refractivity contribution in [2.75, 3.05) is 11.9 Å². The lowest BCUT2D eigenvalue weighted by atomic mass is 10.1. The van der Waals surface area contributed by atoms with Gasteiger partial charge in [-0.1, -0.05) is 42.5 Å². The van der Waals surface area contributed by atoms with Gasteiger partial charge in [-0.25, -0.2) is 9.97 Å². The number of rotatable bonds is 7. The average molecular weight is 403 g/mol. The van der Waals surface area contributed by atoms with Gasteiger partial charge in [0.15, 0.2) is 0 Å². The molecule has 1 amide bonds. The van der Waals surface area contributed by atoms with Gasteiger partial charge in [0, 0.05) is 23.5 Å². The topological polar surface area (TPSA) is 66.9 Å². The first-order chi connectivity index (χ1) is 14.2. The van der Waals surface area contributed by atoms with E-state index in [4.69, 9.17) is 0 Å². The molecule has 4 rings (SSSR count). The molecular formula is C23H22N4OS. The van der Waals surface area contributed by atoms with Gasteiger partial charge in [-0.2, -0.15) is 0 Å². The number of nitrogens with zero attached hydrogens (tertiary/aromatic N) is 2. The first-order valence-electron chi connectivity index (χ1n) is 9.55. The van der Waals surface area contributed by atoms with Crippen molar-refractivity contribution in [1.29, 1.82) is 0 Å². The second-order valence-corrected chi connectivity index (χ2v) is 8.07. The molecule has 2 aromatic carbocycles. The van der Waals surface area contributed by atoms with E-state index in [0.717, 1.165) is 28.0 Å². The molecule has 2 N–H and O–H groups in total. The molecule has 29 heavy (non-hydrogen) atoms. The van der Waals surface area contributed by atoms with Gasteiger partial charge >= 0.3 is 0 Å². The Hall–Kier alpha value is -3.25. The lowest BCUT2D eigenvalue weighted by Crippen LogP contribution is -2.25. The fourth-order valence-corrected chi connectivity index (χ4v) is 3.99. The molecule has 2 aromatic heterocycles. The van der Waals surface area contributed by atoms with Crippen LogP contribution in [0.5, 0.6) is 0 Å². The highest BCUT2D eigenvalue weighted by Crippen LogP contribution is 2.27. The summed E-state index contributed by atoms with van der Waals surface area (Å²) in [5.41, 5.74) is 2.97. The largest absolute Gasteiger partial charge is 0.365 e. The highest BCUT2D eigenvalue weighted by Gasteiger charge is 2.08. The minimum Gasteiger partial charge on any atom is -0.365 e. The highest BCUT2D eigenvalue weighted by molar-refractivity contribution is 7.18. The summed E-state index contributed by atoms with van der Waals surface area (Å²) in [5.74, 6) is 0.786. The molecule has 5 nitrogen and oxygen atoms in total. The number of benzene rings is 2. The van der Waals surface area contributed by atoms with E-state index in [1.807, 2.05) is 42.5 Å². The second kappa shape index (κ2) is 8.84. The van der Waals surface area contributed by atoms with Crippen LogP contribution in [-0.2, 0) is 13.0 Å². The fraction of sp³-hybridized carbons (Fsp3) is 0.174. The molecule has 0 radical (unpaired) electrons. The van der Waals surface area contributed by atoms with Gasteiger partial charge in [-0.3, -0.25) is 4.79 Å². The Morgan fingerprint density at radius 2 is 1.79 bits per heavy atom. The third-order valence-corrected chi connectivity index (χ3v) is 5.63. The Balaban J connectivity index is 1.32. The Morgan fingerprint density at radius 1 is 1.00 bits per heavy atom. The van der Waals surface area contributed by atoms with Crippen molar-refractivity contribution in [2.45, 2.75) is 19.9 Å². The van der Waals surface area contributed by atoms with Crippen LogP contribution in [-0.4, -0.2) is 22.4 Å². The summed E-state index contributed by atoms with van der Waals surface area (Å²) in [5, 5.41) is 7.40. The summed E-state index contributed by atoms with van der Waals surface area (Å²) in [4.78, 5) is 23.2. The molecular weight excluding hydrogens is 380 g/mol. The van der Waals surface area contributed by atoms with Crippen molar-refractivity contribution in [2.24, 2.45) is 0 Å². The van der Waals surface area contributed by atoms with Gasteiger partial charge in [0.1, 0.15) is 17.0 Å². The Labute approximate surface area is 173 Å². The Bertz CT molecular complexity index is 1110. The van der Waals surface area contributed by atoms with Crippen LogP contribution in [0.3, 0.4) is 0 Å². The number of thiophene rings is 1. The van der Waals surface area contributed by atoms with Gasteiger partial charge in [0.25, 0.3) is 5.91 Å². The SMILES string of the molecule is Cc1cc2c(NCc3ccc(C(=O)NCCc4ccccc4)cc3)ncnc2s1. The number of amides is 1. The maximum Gasteiger partial charge on any atom is 0.251 e. The minimum absolute atomic E-state index is 0.0494. The molecule has 0 saturated carbocycles. The van der Waals surface area contributed by atoms with Gasteiger partial charge in [-0.15, -0.1) is 11.3 Å². The molecule has 0 aliphatic carbocycles. The summed E-state index contributed by atoms with van der Waals surface area (Å²) in [6.07, 6.45) is 2.41. The number of carbonyl (C=O) groups is 1. The number of hydrogen-bond donors (Lipinski definition) is 2. The van der Waals surface area contributed by atoms with Crippen molar-refractivity contribution in [3.63, 3.8) is 0 Å². The van der Waals surface area contributed by atoms with Gasteiger partial charge in [0.05, 0.1) is 5.39 Å². The van der Waals surface area contributed by atoms with Crippen LogP contribution >= 0.6 is 11.3 Å². The predicted molar refractivity (Wildman–Crippen MR) is 118 cm³/mol. The smallest absolute Gasteiger partial charge is 0.251 e. The number of carbonyl (C=O) groups excluding carboxylic acids is 1. The third kappa shape index (κ3) is 4.78. The number of hydrogen-bond acceptors (Lipinski definition) is 5. The van der Waals surface area contributed by atoms with Crippen LogP contribution < -0.4 is 10.6 Å². The number of aromatic nitrogens is 2. The van der Waals surface area contributed by atoms with Crippen LogP contribution in [0.15, 0.2) is 67.0 Å². The lowest BCUT2D eigenvalue weighted by Gasteiger charge is -2.08. The standard InChI is InChI=1S/C23H22N4OS/c1-16-13-20-21(26-15-27-23(20)29-16)25-14-18-7-9-19(10-8-18)22(28)24-12-11-17-5-3-2-4-6-17/h2-10,13,15H,11-12,14H2,1H3,(H,24,28)(H,25,26,27). The first kappa shape index (κ1) is 19.1. The molecule has 0 spiro atoms. The third-order valence-electron chi connectivity index (χ3n) is 4.67. The minimum atomic E-state index is -0.0494. The Morgan fingerprint density at radius 3 is 2.59 bits per heavy atom. The zero-order valence-electron chi connectivity index (χ0n) is 16.2. The van der Waals surface area contributed by atoms with E-state index in [2.05, 4.69) is 45.7 Å². The van der Waals surface area contributed by atoms with Crippen LogP contribution in [0.1, 0.15) is 26.4 Å². The quantitative estimate of drug-likeness (QED) is 0.475. The van der Waals surface area contributed by atoms with E-state index in [9.17, 15) is 4.79 Å². The average Bonchev–Trinajstić information content (AvgIpc) is 3.14. The summed E-state index contributed by atoms with van der Waals surface area (Å²) in [6.45, 7) is 3.33. The van der Waals surface area contributed by atoms with E-state index < -0.39 is 0 Å². The first-order valence-corrected chi connectivity index (χ1v) is 10.4. The molecule has 146 valence electrons. The normalized spacial score (nSPS) is 10.8. The summed E-state index contributed by atoms with van der Waals surface area (Å²) >= 11 is 1.66. The molecule has 0 aliphatic heterocycles. The van der Waals surface area contributed by atoms with Gasteiger partial charge in [-0.05, 0) is 42.7 Å². The second-order valence-electron chi connectivity index (χ2n) is 6.84. The number of aryl methyl sites for hydroxylation is 1. The zero-order chi connectivity index (χ0) is 20.1. The van der Waals surface area contributed by atoms with Crippen LogP contribution in [0.2, 0.25) is 0 Å². The molecule has 0 saturated heterocycles. The van der Waals surface area contributed by atoms with Crippen molar-refractivity contribution < 1.29 is 4.79 Å². The number of fused-ring (bicyclic) bond motifs is 1. The van der Waals surface area contributed by atoms with Crippen molar-refractivity contribution in [1.82, 2.24) is 15.3 Å². The highest BCUT2D eigenvalue weighted by atomic mass is 32.1. The van der Waals surface area contributed by atoms with Crippen molar-refractivity contribution in [3.05, 3.63) is 88.6 Å². The maximum atomic E-state index is 12.3. The molecule has 2 heterocycles. The fourth-order valence-electron chi connectivity index (χ4n) is 3.14. The molecule has 4 aromatic rings. The molecule has 0 bridgehead atoms. The van der Waals surface area contributed by atoms with Crippen molar-refractivity contribution in [3.8, 4) is 0 Å². The molecule has 0 aliphatic rings. The molecule has 0 fully saturated rings. The van der Waals surface area contributed by atoms with E-state index in [1.165, 1.54) is 10.4 Å². The van der Waals surface area contributed by atoms with E-state index >= 15 is 0 Å². The summed E-state index contributed by atoms with van der Waals surface area (Å²) in [6, 6.07) is 19.9. The monoisotopic (exact) mass is 402 g/mol. The van der Waals surface area contributed by atoms with Crippen LogP contribution in [0.25, 0.3) is 10.2 Å². The molecule has 6 heteroatoms. The molecule has 0 unspecified atom stereocenters.